The van der Waals surface area contributed by atoms with E-state index in [-0.39, 0.29) is 11.9 Å². The summed E-state index contributed by atoms with van der Waals surface area (Å²) in [5.74, 6) is 0.00363. The smallest absolute Gasteiger partial charge is 0.241 e. The van der Waals surface area contributed by atoms with Crippen LogP contribution in [0.2, 0.25) is 5.02 Å². The molecule has 0 saturated carbocycles. The number of nitrogens with two attached hydrogens (primary N) is 1. The van der Waals surface area contributed by atoms with Crippen molar-refractivity contribution in [2.24, 2.45) is 0 Å². The van der Waals surface area contributed by atoms with Gasteiger partial charge < -0.3 is 11.1 Å². The summed E-state index contributed by atoms with van der Waals surface area (Å²) >= 11 is 5.89. The standard InChI is InChI=1S/C16H24ClN3O/c1-4-13-7-5-10(2)20(13)11(3)16(21)19-12-6-8-14(17)15(18)9-12/h6,8-11,13H,4-5,7,18H2,1-3H3,(H,19,21). The minimum absolute atomic E-state index is 0.00363. The molecule has 116 valence electrons. The summed E-state index contributed by atoms with van der Waals surface area (Å²) in [7, 11) is 0. The van der Waals surface area contributed by atoms with E-state index >= 15 is 0 Å². The molecule has 3 unspecified atom stereocenters. The van der Waals surface area contributed by atoms with Crippen LogP contribution in [-0.2, 0) is 4.79 Å². The number of hydrogen-bond donors (Lipinski definition) is 2. The van der Waals surface area contributed by atoms with Crippen LogP contribution in [-0.4, -0.2) is 28.9 Å². The van der Waals surface area contributed by atoms with Crippen LogP contribution in [0.4, 0.5) is 11.4 Å². The van der Waals surface area contributed by atoms with Gasteiger partial charge in [0, 0.05) is 17.8 Å². The van der Waals surface area contributed by atoms with E-state index in [2.05, 4.69) is 24.1 Å². The fraction of sp³-hybridized carbons (Fsp3) is 0.562. The lowest BCUT2D eigenvalue weighted by molar-refractivity contribution is -0.121. The van der Waals surface area contributed by atoms with Crippen LogP contribution >= 0.6 is 11.6 Å². The van der Waals surface area contributed by atoms with Crippen LogP contribution in [0.5, 0.6) is 0 Å². The molecule has 4 nitrogen and oxygen atoms in total. The number of likely N-dealkylation sites (tertiary alicyclic amines) is 1. The van der Waals surface area contributed by atoms with Crippen molar-refractivity contribution >= 4 is 28.9 Å². The van der Waals surface area contributed by atoms with Gasteiger partial charge in [-0.05, 0) is 51.3 Å². The number of amides is 1. The molecule has 1 amide bonds. The highest BCUT2D eigenvalue weighted by molar-refractivity contribution is 6.33. The van der Waals surface area contributed by atoms with Crippen molar-refractivity contribution in [2.75, 3.05) is 11.1 Å². The molecule has 0 spiro atoms. The lowest BCUT2D eigenvalue weighted by Crippen LogP contribution is -2.47. The first-order valence-corrected chi connectivity index (χ1v) is 7.95. The van der Waals surface area contributed by atoms with Crippen LogP contribution in [0, 0.1) is 0 Å². The van der Waals surface area contributed by atoms with Gasteiger partial charge in [-0.2, -0.15) is 0 Å². The minimum Gasteiger partial charge on any atom is -0.397 e. The fourth-order valence-electron chi connectivity index (χ4n) is 3.21. The maximum absolute atomic E-state index is 12.5. The predicted octanol–water partition coefficient (Wildman–Crippen LogP) is 3.51. The molecular formula is C16H24ClN3O. The number of hydrogen-bond acceptors (Lipinski definition) is 3. The van der Waals surface area contributed by atoms with Crippen molar-refractivity contribution in [1.29, 1.82) is 0 Å². The summed E-state index contributed by atoms with van der Waals surface area (Å²) in [6.07, 6.45) is 3.41. The molecule has 2 rings (SSSR count). The second-order valence-corrected chi connectivity index (χ2v) is 6.24. The van der Waals surface area contributed by atoms with Crippen molar-refractivity contribution < 1.29 is 4.79 Å². The van der Waals surface area contributed by atoms with Gasteiger partial charge in [-0.1, -0.05) is 18.5 Å². The summed E-state index contributed by atoms with van der Waals surface area (Å²) in [6.45, 7) is 6.35. The molecule has 1 aliphatic heterocycles. The normalized spacial score (nSPS) is 24.0. The Morgan fingerprint density at radius 1 is 1.52 bits per heavy atom. The van der Waals surface area contributed by atoms with Crippen molar-refractivity contribution in [3.63, 3.8) is 0 Å². The Morgan fingerprint density at radius 3 is 2.86 bits per heavy atom. The quantitative estimate of drug-likeness (QED) is 0.837. The van der Waals surface area contributed by atoms with E-state index in [1.807, 2.05) is 6.92 Å². The van der Waals surface area contributed by atoms with E-state index in [1.165, 1.54) is 6.42 Å². The van der Waals surface area contributed by atoms with Gasteiger partial charge >= 0.3 is 0 Å². The molecule has 21 heavy (non-hydrogen) atoms. The van der Waals surface area contributed by atoms with Gasteiger partial charge in [-0.25, -0.2) is 0 Å². The van der Waals surface area contributed by atoms with Crippen molar-refractivity contribution in [3.05, 3.63) is 23.2 Å². The summed E-state index contributed by atoms with van der Waals surface area (Å²) < 4.78 is 0. The molecule has 5 heteroatoms. The van der Waals surface area contributed by atoms with Gasteiger partial charge in [0.05, 0.1) is 16.8 Å². The fourth-order valence-corrected chi connectivity index (χ4v) is 3.33. The molecule has 1 aliphatic rings. The first kappa shape index (κ1) is 16.1. The summed E-state index contributed by atoms with van der Waals surface area (Å²) in [6, 6.07) is 5.96. The largest absolute Gasteiger partial charge is 0.397 e. The zero-order valence-corrected chi connectivity index (χ0v) is 13.7. The van der Waals surface area contributed by atoms with Crippen molar-refractivity contribution in [3.8, 4) is 0 Å². The minimum atomic E-state index is -0.149. The Labute approximate surface area is 131 Å². The Morgan fingerprint density at radius 2 is 2.24 bits per heavy atom. The Balaban J connectivity index is 2.06. The van der Waals surface area contributed by atoms with Crippen molar-refractivity contribution in [2.45, 2.75) is 58.2 Å². The first-order valence-electron chi connectivity index (χ1n) is 7.57. The molecule has 1 saturated heterocycles. The number of carbonyl (C=O) groups excluding carboxylic acids is 1. The third kappa shape index (κ3) is 3.50. The van der Waals surface area contributed by atoms with Gasteiger partial charge in [0.2, 0.25) is 5.91 Å². The highest BCUT2D eigenvalue weighted by Crippen LogP contribution is 2.29. The molecular weight excluding hydrogens is 286 g/mol. The lowest BCUT2D eigenvalue weighted by Gasteiger charge is -2.32. The zero-order valence-electron chi connectivity index (χ0n) is 12.9. The summed E-state index contributed by atoms with van der Waals surface area (Å²) in [5.41, 5.74) is 6.93. The molecule has 1 fully saturated rings. The van der Waals surface area contributed by atoms with Gasteiger partial charge in [0.15, 0.2) is 0 Å². The van der Waals surface area contributed by atoms with E-state index in [4.69, 9.17) is 17.3 Å². The highest BCUT2D eigenvalue weighted by atomic mass is 35.5. The van der Waals surface area contributed by atoms with Crippen LogP contribution in [0.3, 0.4) is 0 Å². The maximum atomic E-state index is 12.5. The number of rotatable bonds is 4. The molecule has 0 radical (unpaired) electrons. The predicted molar refractivity (Wildman–Crippen MR) is 88.6 cm³/mol. The van der Waals surface area contributed by atoms with E-state index in [0.717, 1.165) is 12.8 Å². The van der Waals surface area contributed by atoms with Crippen LogP contribution in [0.1, 0.15) is 40.0 Å². The van der Waals surface area contributed by atoms with E-state index < -0.39 is 0 Å². The molecule has 0 bridgehead atoms. The molecule has 0 aromatic heterocycles. The SMILES string of the molecule is CCC1CCC(C)N1C(C)C(=O)Nc1ccc(Cl)c(N)c1. The van der Waals surface area contributed by atoms with E-state index in [1.54, 1.807) is 18.2 Å². The molecule has 1 aromatic rings. The maximum Gasteiger partial charge on any atom is 0.241 e. The van der Waals surface area contributed by atoms with E-state index in [0.29, 0.717) is 28.5 Å². The average molecular weight is 310 g/mol. The lowest BCUT2D eigenvalue weighted by atomic mass is 10.1. The second-order valence-electron chi connectivity index (χ2n) is 5.84. The number of halogens is 1. The van der Waals surface area contributed by atoms with Crippen LogP contribution < -0.4 is 11.1 Å². The summed E-state index contributed by atoms with van der Waals surface area (Å²) in [5, 5.41) is 3.43. The Kier molecular flexibility index (Phi) is 5.12. The molecule has 0 aliphatic carbocycles. The third-order valence-corrected chi connectivity index (χ3v) is 4.75. The first-order chi connectivity index (χ1) is 9.93. The Bertz CT molecular complexity index is 520. The number of nitrogens with one attached hydrogen (secondary N) is 1. The van der Waals surface area contributed by atoms with Crippen LogP contribution in [0.15, 0.2) is 18.2 Å². The second kappa shape index (κ2) is 6.67. The average Bonchev–Trinajstić information content (AvgIpc) is 2.83. The molecule has 1 aromatic carbocycles. The van der Waals surface area contributed by atoms with Crippen LogP contribution in [0.25, 0.3) is 0 Å². The number of nitrogen functional groups attached to an aromatic ring is 1. The topological polar surface area (TPSA) is 58.4 Å². The van der Waals surface area contributed by atoms with Crippen molar-refractivity contribution in [1.82, 2.24) is 4.90 Å². The summed E-state index contributed by atoms with van der Waals surface area (Å²) in [4.78, 5) is 14.8. The number of nitrogens with zero attached hydrogens (tertiary/aromatic N) is 1. The van der Waals surface area contributed by atoms with Gasteiger partial charge in [0.1, 0.15) is 0 Å². The number of anilines is 2. The molecule has 3 N–H and O–H groups in total. The Hall–Kier alpha value is -1.26. The zero-order chi connectivity index (χ0) is 15.6. The number of benzene rings is 1. The van der Waals surface area contributed by atoms with E-state index in [9.17, 15) is 4.79 Å². The third-order valence-electron chi connectivity index (χ3n) is 4.41. The highest BCUT2D eigenvalue weighted by Gasteiger charge is 2.35. The van der Waals surface area contributed by atoms with Gasteiger partial charge in [0.25, 0.3) is 0 Å². The van der Waals surface area contributed by atoms with Gasteiger partial charge in [-0.15, -0.1) is 0 Å². The van der Waals surface area contributed by atoms with Gasteiger partial charge in [-0.3, -0.25) is 9.69 Å². The molecule has 1 heterocycles. The monoisotopic (exact) mass is 309 g/mol. The molecule has 3 atom stereocenters. The number of carbonyl (C=O) groups is 1.